The van der Waals surface area contributed by atoms with Crippen LogP contribution in [0.25, 0.3) is 5.65 Å². The standard InChI is InChI=1S/C18H20N4O/c1-13(2)12-15(19-18(23)14-8-4-3-5-9-14)17-21-20-16-10-6-7-11-22(16)17/h3-11,13,15H,12H2,1-2H3,(H,19,23)/t15-/m1/s1. The topological polar surface area (TPSA) is 59.3 Å². The number of hydrogen-bond acceptors (Lipinski definition) is 3. The predicted molar refractivity (Wildman–Crippen MR) is 89.1 cm³/mol. The zero-order valence-electron chi connectivity index (χ0n) is 13.3. The molecule has 0 saturated heterocycles. The SMILES string of the molecule is CC(C)C[C@@H](NC(=O)c1ccccc1)c1nnc2ccccn12. The average Bonchev–Trinajstić information content (AvgIpc) is 2.98. The Balaban J connectivity index is 1.90. The van der Waals surface area contributed by atoms with Gasteiger partial charge >= 0.3 is 0 Å². The lowest BCUT2D eigenvalue weighted by atomic mass is 10.0. The van der Waals surface area contributed by atoms with Gasteiger partial charge in [-0.3, -0.25) is 9.20 Å². The number of nitrogens with one attached hydrogen (secondary N) is 1. The monoisotopic (exact) mass is 308 g/mol. The molecular formula is C18H20N4O. The fraction of sp³-hybridized carbons (Fsp3) is 0.278. The molecule has 1 atom stereocenters. The summed E-state index contributed by atoms with van der Waals surface area (Å²) in [5.41, 5.74) is 1.43. The van der Waals surface area contributed by atoms with E-state index in [1.54, 1.807) is 0 Å². The summed E-state index contributed by atoms with van der Waals surface area (Å²) in [5, 5.41) is 11.6. The third kappa shape index (κ3) is 3.39. The molecule has 118 valence electrons. The van der Waals surface area contributed by atoms with Gasteiger partial charge in [-0.1, -0.05) is 38.1 Å². The first-order chi connectivity index (χ1) is 11.1. The molecule has 2 heterocycles. The highest BCUT2D eigenvalue weighted by atomic mass is 16.1. The maximum absolute atomic E-state index is 12.5. The summed E-state index contributed by atoms with van der Waals surface area (Å²) in [4.78, 5) is 12.5. The third-order valence-electron chi connectivity index (χ3n) is 3.70. The largest absolute Gasteiger partial charge is 0.342 e. The van der Waals surface area contributed by atoms with Gasteiger partial charge in [0, 0.05) is 11.8 Å². The molecule has 0 unspecified atom stereocenters. The van der Waals surface area contributed by atoms with Crippen LogP contribution in [0.15, 0.2) is 54.7 Å². The molecule has 1 amide bonds. The fourth-order valence-electron chi connectivity index (χ4n) is 2.63. The second-order valence-electron chi connectivity index (χ2n) is 6.01. The molecule has 2 aromatic heterocycles. The molecule has 0 radical (unpaired) electrons. The van der Waals surface area contributed by atoms with Gasteiger partial charge in [0.15, 0.2) is 11.5 Å². The van der Waals surface area contributed by atoms with Crippen LogP contribution in [0.4, 0.5) is 0 Å². The highest BCUT2D eigenvalue weighted by Gasteiger charge is 2.22. The first kappa shape index (κ1) is 15.2. The Morgan fingerprint density at radius 1 is 1.09 bits per heavy atom. The number of carbonyl (C=O) groups excluding carboxylic acids is 1. The van der Waals surface area contributed by atoms with Crippen molar-refractivity contribution in [2.75, 3.05) is 0 Å². The molecule has 0 fully saturated rings. The molecule has 0 spiro atoms. The van der Waals surface area contributed by atoms with E-state index in [2.05, 4.69) is 29.4 Å². The van der Waals surface area contributed by atoms with Gasteiger partial charge in [0.05, 0.1) is 6.04 Å². The van der Waals surface area contributed by atoms with Crippen LogP contribution in [0.5, 0.6) is 0 Å². The van der Waals surface area contributed by atoms with Gasteiger partial charge in [0.25, 0.3) is 5.91 Å². The van der Waals surface area contributed by atoms with Crippen molar-refractivity contribution in [2.45, 2.75) is 26.3 Å². The van der Waals surface area contributed by atoms with E-state index in [-0.39, 0.29) is 11.9 Å². The van der Waals surface area contributed by atoms with Crippen molar-refractivity contribution in [3.8, 4) is 0 Å². The summed E-state index contributed by atoms with van der Waals surface area (Å²) in [6, 6.07) is 14.8. The number of hydrogen-bond donors (Lipinski definition) is 1. The first-order valence-corrected chi connectivity index (χ1v) is 7.80. The molecule has 0 aliphatic rings. The number of benzene rings is 1. The average molecular weight is 308 g/mol. The predicted octanol–water partition coefficient (Wildman–Crippen LogP) is 3.25. The van der Waals surface area contributed by atoms with Crippen molar-refractivity contribution in [1.29, 1.82) is 0 Å². The Bertz CT molecular complexity index is 795. The van der Waals surface area contributed by atoms with Gasteiger partial charge in [-0.05, 0) is 36.6 Å². The molecule has 3 rings (SSSR count). The van der Waals surface area contributed by atoms with Gasteiger partial charge in [0.2, 0.25) is 0 Å². The quantitative estimate of drug-likeness (QED) is 0.787. The highest BCUT2D eigenvalue weighted by molar-refractivity contribution is 5.94. The maximum atomic E-state index is 12.5. The molecule has 0 saturated carbocycles. The Morgan fingerprint density at radius 3 is 2.57 bits per heavy atom. The summed E-state index contributed by atoms with van der Waals surface area (Å²) in [6.45, 7) is 4.26. The summed E-state index contributed by atoms with van der Waals surface area (Å²) < 4.78 is 1.93. The molecule has 0 aliphatic heterocycles. The van der Waals surface area contributed by atoms with E-state index in [1.807, 2.05) is 59.1 Å². The lowest BCUT2D eigenvalue weighted by Gasteiger charge is -2.19. The van der Waals surface area contributed by atoms with Gasteiger partial charge in [-0.2, -0.15) is 0 Å². The number of pyridine rings is 1. The highest BCUT2D eigenvalue weighted by Crippen LogP contribution is 2.21. The van der Waals surface area contributed by atoms with Crippen LogP contribution in [0.1, 0.15) is 42.5 Å². The van der Waals surface area contributed by atoms with Gasteiger partial charge in [0.1, 0.15) is 0 Å². The summed E-state index contributed by atoms with van der Waals surface area (Å²) >= 11 is 0. The lowest BCUT2D eigenvalue weighted by molar-refractivity contribution is 0.0929. The normalized spacial score (nSPS) is 12.5. The number of fused-ring (bicyclic) bond motifs is 1. The maximum Gasteiger partial charge on any atom is 0.251 e. The van der Waals surface area contributed by atoms with E-state index in [1.165, 1.54) is 0 Å². The molecule has 23 heavy (non-hydrogen) atoms. The Hall–Kier alpha value is -2.69. The molecule has 3 aromatic rings. The molecule has 0 aliphatic carbocycles. The summed E-state index contributed by atoms with van der Waals surface area (Å²) in [6.07, 6.45) is 2.72. The number of amides is 1. The Labute approximate surface area is 135 Å². The van der Waals surface area contributed by atoms with E-state index < -0.39 is 0 Å². The molecule has 1 N–H and O–H groups in total. The van der Waals surface area contributed by atoms with E-state index in [0.717, 1.165) is 17.9 Å². The smallest absolute Gasteiger partial charge is 0.251 e. The van der Waals surface area contributed by atoms with E-state index in [4.69, 9.17) is 0 Å². The molecule has 0 bridgehead atoms. The van der Waals surface area contributed by atoms with E-state index in [0.29, 0.717) is 11.5 Å². The second-order valence-corrected chi connectivity index (χ2v) is 6.01. The van der Waals surface area contributed by atoms with Crippen LogP contribution in [-0.4, -0.2) is 20.5 Å². The van der Waals surface area contributed by atoms with Gasteiger partial charge < -0.3 is 5.32 Å². The lowest BCUT2D eigenvalue weighted by Crippen LogP contribution is -2.30. The number of carbonyl (C=O) groups is 1. The van der Waals surface area contributed by atoms with Crippen molar-refractivity contribution < 1.29 is 4.79 Å². The minimum Gasteiger partial charge on any atom is -0.342 e. The molecular weight excluding hydrogens is 288 g/mol. The number of aromatic nitrogens is 3. The summed E-state index contributed by atoms with van der Waals surface area (Å²) in [5.74, 6) is 1.09. The zero-order chi connectivity index (χ0) is 16.2. The van der Waals surface area contributed by atoms with Crippen LogP contribution >= 0.6 is 0 Å². The minimum atomic E-state index is -0.180. The molecule has 5 nitrogen and oxygen atoms in total. The molecule has 1 aromatic carbocycles. The van der Waals surface area contributed by atoms with Crippen molar-refractivity contribution in [1.82, 2.24) is 19.9 Å². The number of nitrogens with zero attached hydrogens (tertiary/aromatic N) is 3. The van der Waals surface area contributed by atoms with Crippen molar-refractivity contribution in [2.24, 2.45) is 5.92 Å². The molecule has 5 heteroatoms. The van der Waals surface area contributed by atoms with E-state index in [9.17, 15) is 4.79 Å². The van der Waals surface area contributed by atoms with Crippen molar-refractivity contribution in [3.63, 3.8) is 0 Å². The van der Waals surface area contributed by atoms with Crippen molar-refractivity contribution >= 4 is 11.6 Å². The Morgan fingerprint density at radius 2 is 1.83 bits per heavy atom. The van der Waals surface area contributed by atoms with Crippen LogP contribution in [0, 0.1) is 5.92 Å². The number of rotatable bonds is 5. The van der Waals surface area contributed by atoms with Crippen LogP contribution in [-0.2, 0) is 0 Å². The van der Waals surface area contributed by atoms with Crippen molar-refractivity contribution in [3.05, 3.63) is 66.1 Å². The zero-order valence-corrected chi connectivity index (χ0v) is 13.3. The van der Waals surface area contributed by atoms with Gasteiger partial charge in [-0.25, -0.2) is 0 Å². The minimum absolute atomic E-state index is 0.0936. The third-order valence-corrected chi connectivity index (χ3v) is 3.70. The summed E-state index contributed by atoms with van der Waals surface area (Å²) in [7, 11) is 0. The fourth-order valence-corrected chi connectivity index (χ4v) is 2.63. The van der Waals surface area contributed by atoms with Gasteiger partial charge in [-0.15, -0.1) is 10.2 Å². The Kier molecular flexibility index (Phi) is 4.37. The first-order valence-electron chi connectivity index (χ1n) is 7.80. The van der Waals surface area contributed by atoms with E-state index >= 15 is 0 Å². The van der Waals surface area contributed by atoms with Crippen LogP contribution in [0.2, 0.25) is 0 Å². The van der Waals surface area contributed by atoms with Crippen LogP contribution in [0.3, 0.4) is 0 Å². The second kappa shape index (κ2) is 6.60. The van der Waals surface area contributed by atoms with Crippen LogP contribution < -0.4 is 5.32 Å².